The van der Waals surface area contributed by atoms with Crippen molar-refractivity contribution in [3.05, 3.63) is 24.0 Å². The molecule has 1 aromatic heterocycles. The highest BCUT2D eigenvalue weighted by molar-refractivity contribution is 5.56. The van der Waals surface area contributed by atoms with E-state index in [-0.39, 0.29) is 23.7 Å². The van der Waals surface area contributed by atoms with Gasteiger partial charge in [-0.15, -0.1) is 0 Å². The lowest BCUT2D eigenvalue weighted by molar-refractivity contribution is 0.321. The Kier molecular flexibility index (Phi) is 4.67. The molecule has 0 bridgehead atoms. The highest BCUT2D eigenvalue weighted by Crippen LogP contribution is 2.23. The minimum Gasteiger partial charge on any atom is -0.491 e. The number of nitrogens with two attached hydrogens (primary N) is 1. The first kappa shape index (κ1) is 14.7. The van der Waals surface area contributed by atoms with Crippen LogP contribution in [0.5, 0.6) is 11.8 Å². The molecule has 4 N–H and O–H groups in total. The van der Waals surface area contributed by atoms with E-state index < -0.39 is 5.82 Å². The van der Waals surface area contributed by atoms with Crippen molar-refractivity contribution in [2.45, 2.75) is 6.92 Å². The molecule has 2 aromatic rings. The maximum Gasteiger partial charge on any atom is 0.322 e. The van der Waals surface area contributed by atoms with Crippen LogP contribution in [0, 0.1) is 5.82 Å². The van der Waals surface area contributed by atoms with Crippen LogP contribution in [0.25, 0.3) is 0 Å². The number of hydrazine groups is 1. The molecule has 0 radical (unpaired) electrons. The Bertz CT molecular complexity index is 602. The molecule has 0 saturated carbocycles. The summed E-state index contributed by atoms with van der Waals surface area (Å²) in [4.78, 5) is 11.8. The van der Waals surface area contributed by atoms with Crippen LogP contribution in [0.1, 0.15) is 6.92 Å². The molecule has 8 nitrogen and oxygen atoms in total. The first-order valence-corrected chi connectivity index (χ1v) is 6.12. The zero-order valence-corrected chi connectivity index (χ0v) is 11.6. The normalized spacial score (nSPS) is 10.1. The van der Waals surface area contributed by atoms with Gasteiger partial charge in [-0.05, 0) is 19.1 Å². The van der Waals surface area contributed by atoms with E-state index in [2.05, 4.69) is 25.7 Å². The smallest absolute Gasteiger partial charge is 0.322 e. The Morgan fingerprint density at radius 3 is 2.62 bits per heavy atom. The molecule has 9 heteroatoms. The van der Waals surface area contributed by atoms with Crippen molar-refractivity contribution in [1.82, 2.24) is 15.0 Å². The van der Waals surface area contributed by atoms with Crippen LogP contribution in [-0.4, -0.2) is 28.7 Å². The van der Waals surface area contributed by atoms with Crippen LogP contribution < -0.4 is 26.1 Å². The average Bonchev–Trinajstić information content (AvgIpc) is 2.49. The van der Waals surface area contributed by atoms with Crippen molar-refractivity contribution in [3.8, 4) is 11.8 Å². The number of methoxy groups -OCH3 is 1. The van der Waals surface area contributed by atoms with Gasteiger partial charge in [-0.1, -0.05) is 0 Å². The number of rotatable bonds is 6. The van der Waals surface area contributed by atoms with E-state index in [9.17, 15) is 4.39 Å². The Morgan fingerprint density at radius 1 is 1.24 bits per heavy atom. The van der Waals surface area contributed by atoms with Crippen molar-refractivity contribution in [3.63, 3.8) is 0 Å². The molecule has 0 unspecified atom stereocenters. The minimum absolute atomic E-state index is 0.0758. The predicted octanol–water partition coefficient (Wildman–Crippen LogP) is 1.45. The molecule has 0 amide bonds. The molecule has 0 spiro atoms. The highest BCUT2D eigenvalue weighted by Gasteiger charge is 2.08. The number of hydrogen-bond donors (Lipinski definition) is 3. The lowest BCUT2D eigenvalue weighted by Crippen LogP contribution is -2.13. The van der Waals surface area contributed by atoms with E-state index in [4.69, 9.17) is 15.3 Å². The third-order valence-electron chi connectivity index (χ3n) is 2.41. The largest absolute Gasteiger partial charge is 0.491 e. The summed E-state index contributed by atoms with van der Waals surface area (Å²) in [5, 5.41) is 2.83. The first-order chi connectivity index (χ1) is 10.2. The van der Waals surface area contributed by atoms with Gasteiger partial charge in [-0.2, -0.15) is 15.0 Å². The van der Waals surface area contributed by atoms with Crippen molar-refractivity contribution < 1.29 is 13.9 Å². The maximum atomic E-state index is 13.8. The van der Waals surface area contributed by atoms with Crippen LogP contribution >= 0.6 is 0 Å². The highest BCUT2D eigenvalue weighted by atomic mass is 19.1. The molecule has 1 aromatic carbocycles. The topological polar surface area (TPSA) is 107 Å². The summed E-state index contributed by atoms with van der Waals surface area (Å²) in [5.74, 6) is 5.23. The molecule has 0 atom stereocenters. The third-order valence-corrected chi connectivity index (χ3v) is 2.41. The van der Waals surface area contributed by atoms with Crippen LogP contribution in [0.4, 0.5) is 22.0 Å². The van der Waals surface area contributed by atoms with E-state index in [1.54, 1.807) is 13.0 Å². The lowest BCUT2D eigenvalue weighted by Gasteiger charge is -2.09. The molecule has 2 rings (SSSR count). The van der Waals surface area contributed by atoms with Gasteiger partial charge < -0.3 is 14.8 Å². The van der Waals surface area contributed by atoms with E-state index in [0.29, 0.717) is 12.3 Å². The molecule has 112 valence electrons. The fourth-order valence-corrected chi connectivity index (χ4v) is 1.55. The van der Waals surface area contributed by atoms with Crippen molar-refractivity contribution >= 4 is 17.6 Å². The number of nitrogens with one attached hydrogen (secondary N) is 2. The van der Waals surface area contributed by atoms with Gasteiger partial charge in [0.2, 0.25) is 11.9 Å². The lowest BCUT2D eigenvalue weighted by atomic mass is 10.3. The summed E-state index contributed by atoms with van der Waals surface area (Å²) >= 11 is 0. The Balaban J connectivity index is 2.23. The Morgan fingerprint density at radius 2 is 2.00 bits per heavy atom. The molecule has 0 aliphatic heterocycles. The fraction of sp³-hybridized carbons (Fsp3) is 0.250. The van der Waals surface area contributed by atoms with Gasteiger partial charge in [-0.25, -0.2) is 10.2 Å². The summed E-state index contributed by atoms with van der Waals surface area (Å²) in [5.41, 5.74) is 2.74. The summed E-state index contributed by atoms with van der Waals surface area (Å²) < 4.78 is 23.8. The van der Waals surface area contributed by atoms with Crippen molar-refractivity contribution in [1.29, 1.82) is 0 Å². The Hall–Kier alpha value is -2.68. The SMILES string of the molecule is CCOc1ccc(Nc2nc(NN)nc(OC)n2)cc1F. The second kappa shape index (κ2) is 6.66. The molecule has 21 heavy (non-hydrogen) atoms. The number of ether oxygens (including phenoxy) is 2. The standard InChI is InChI=1S/C12H15FN6O2/c1-3-21-9-5-4-7(6-8(9)13)15-10-16-11(19-14)18-12(17-10)20-2/h4-6H,3,14H2,1-2H3,(H2,15,16,17,18,19). The van der Waals surface area contributed by atoms with Gasteiger partial charge >= 0.3 is 6.01 Å². The van der Waals surface area contributed by atoms with Gasteiger partial charge in [0.05, 0.1) is 13.7 Å². The van der Waals surface area contributed by atoms with Gasteiger partial charge in [-0.3, -0.25) is 5.43 Å². The van der Waals surface area contributed by atoms with Gasteiger partial charge in [0.1, 0.15) is 0 Å². The number of aromatic nitrogens is 3. The van der Waals surface area contributed by atoms with Crippen molar-refractivity contribution in [2.75, 3.05) is 24.5 Å². The zero-order chi connectivity index (χ0) is 15.2. The summed E-state index contributed by atoms with van der Waals surface area (Å²) in [7, 11) is 1.41. The molecular weight excluding hydrogens is 279 g/mol. The number of halogens is 1. The summed E-state index contributed by atoms with van der Waals surface area (Å²) in [6.45, 7) is 2.17. The summed E-state index contributed by atoms with van der Waals surface area (Å²) in [6, 6.07) is 4.50. The second-order valence-corrected chi connectivity index (χ2v) is 3.82. The monoisotopic (exact) mass is 294 g/mol. The molecular formula is C12H15FN6O2. The number of hydrogen-bond acceptors (Lipinski definition) is 8. The van der Waals surface area contributed by atoms with Crippen LogP contribution in [-0.2, 0) is 0 Å². The molecule has 0 saturated heterocycles. The Labute approximate surface area is 120 Å². The van der Waals surface area contributed by atoms with Crippen LogP contribution in [0.15, 0.2) is 18.2 Å². The number of nitrogens with zero attached hydrogens (tertiary/aromatic N) is 3. The second-order valence-electron chi connectivity index (χ2n) is 3.82. The molecule has 0 fully saturated rings. The minimum atomic E-state index is -0.486. The average molecular weight is 294 g/mol. The number of anilines is 3. The molecule has 1 heterocycles. The maximum absolute atomic E-state index is 13.8. The predicted molar refractivity (Wildman–Crippen MR) is 75.0 cm³/mol. The van der Waals surface area contributed by atoms with Crippen LogP contribution in [0.2, 0.25) is 0 Å². The zero-order valence-electron chi connectivity index (χ0n) is 11.6. The van der Waals surface area contributed by atoms with Crippen LogP contribution in [0.3, 0.4) is 0 Å². The van der Waals surface area contributed by atoms with E-state index in [1.807, 2.05) is 0 Å². The van der Waals surface area contributed by atoms with E-state index in [0.717, 1.165) is 0 Å². The fourth-order valence-electron chi connectivity index (χ4n) is 1.55. The number of benzene rings is 1. The molecule has 0 aliphatic carbocycles. The van der Waals surface area contributed by atoms with Gasteiger partial charge in [0, 0.05) is 11.8 Å². The van der Waals surface area contributed by atoms with Crippen molar-refractivity contribution in [2.24, 2.45) is 5.84 Å². The quantitative estimate of drug-likeness (QED) is 0.543. The third kappa shape index (κ3) is 3.66. The van der Waals surface area contributed by atoms with E-state index >= 15 is 0 Å². The van der Waals surface area contributed by atoms with Gasteiger partial charge in [0.15, 0.2) is 11.6 Å². The number of nitrogen functional groups attached to an aromatic ring is 1. The summed E-state index contributed by atoms with van der Waals surface area (Å²) in [6.07, 6.45) is 0. The van der Waals surface area contributed by atoms with E-state index in [1.165, 1.54) is 19.2 Å². The van der Waals surface area contributed by atoms with Gasteiger partial charge in [0.25, 0.3) is 0 Å². The molecule has 0 aliphatic rings. The first-order valence-electron chi connectivity index (χ1n) is 6.12.